The van der Waals surface area contributed by atoms with E-state index in [-0.39, 0.29) is 18.2 Å². The third-order valence-electron chi connectivity index (χ3n) is 4.26. The topological polar surface area (TPSA) is 29.3 Å². The van der Waals surface area contributed by atoms with Gasteiger partial charge in [0.05, 0.1) is 11.7 Å². The van der Waals surface area contributed by atoms with Gasteiger partial charge in [-0.25, -0.2) is 8.78 Å². The number of hydrogen-bond donors (Lipinski definition) is 0. The average Bonchev–Trinajstić information content (AvgIpc) is 2.79. The van der Waals surface area contributed by atoms with Crippen LogP contribution in [0.2, 0.25) is 0 Å². The van der Waals surface area contributed by atoms with E-state index in [9.17, 15) is 8.78 Å². The normalized spacial score (nSPS) is 20.0. The van der Waals surface area contributed by atoms with E-state index in [1.807, 2.05) is 13.0 Å². The number of benzene rings is 1. The van der Waals surface area contributed by atoms with Crippen molar-refractivity contribution in [1.29, 1.82) is 0 Å². The minimum atomic E-state index is -0.489. The molecule has 22 heavy (non-hydrogen) atoms. The van der Waals surface area contributed by atoms with Crippen LogP contribution in [-0.2, 0) is 6.54 Å². The highest BCUT2D eigenvalue weighted by Gasteiger charge is 2.27. The minimum Gasteiger partial charge on any atom is -0.359 e. The molecule has 0 saturated carbocycles. The van der Waals surface area contributed by atoms with Gasteiger partial charge in [0.1, 0.15) is 11.6 Å². The van der Waals surface area contributed by atoms with Crippen LogP contribution in [-0.4, -0.2) is 16.6 Å². The van der Waals surface area contributed by atoms with E-state index in [2.05, 4.69) is 10.1 Å². The molecule has 0 N–H and O–H groups in total. The van der Waals surface area contributed by atoms with Gasteiger partial charge in [-0.15, -0.1) is 0 Å². The van der Waals surface area contributed by atoms with E-state index in [0.29, 0.717) is 0 Å². The Morgan fingerprint density at radius 3 is 2.68 bits per heavy atom. The van der Waals surface area contributed by atoms with Crippen molar-refractivity contribution in [2.24, 2.45) is 0 Å². The molecule has 1 saturated heterocycles. The largest absolute Gasteiger partial charge is 0.359 e. The SMILES string of the molecule is Cc1cc([C@H]2CCCCCN2Cc2c(F)cccc2F)on1. The molecule has 0 aliphatic carbocycles. The van der Waals surface area contributed by atoms with Crippen molar-refractivity contribution >= 4 is 0 Å². The Labute approximate surface area is 128 Å². The van der Waals surface area contributed by atoms with Crippen LogP contribution in [0, 0.1) is 18.6 Å². The molecule has 1 aromatic heterocycles. The third kappa shape index (κ3) is 3.19. The van der Waals surface area contributed by atoms with Gasteiger partial charge in [-0.2, -0.15) is 0 Å². The monoisotopic (exact) mass is 306 g/mol. The minimum absolute atomic E-state index is 0.0303. The van der Waals surface area contributed by atoms with Gasteiger partial charge in [0.25, 0.3) is 0 Å². The second-order valence-electron chi connectivity index (χ2n) is 5.91. The number of aromatic nitrogens is 1. The molecule has 0 unspecified atom stereocenters. The van der Waals surface area contributed by atoms with Crippen molar-refractivity contribution in [3.8, 4) is 0 Å². The zero-order valence-corrected chi connectivity index (χ0v) is 12.7. The van der Waals surface area contributed by atoms with E-state index in [1.165, 1.54) is 18.2 Å². The first-order chi connectivity index (χ1) is 10.6. The van der Waals surface area contributed by atoms with Crippen LogP contribution in [0.4, 0.5) is 8.78 Å². The third-order valence-corrected chi connectivity index (χ3v) is 4.26. The Hall–Kier alpha value is -1.75. The van der Waals surface area contributed by atoms with Gasteiger partial charge in [0.2, 0.25) is 0 Å². The lowest BCUT2D eigenvalue weighted by atomic mass is 10.1. The quantitative estimate of drug-likeness (QED) is 0.843. The molecule has 2 aromatic rings. The van der Waals surface area contributed by atoms with Gasteiger partial charge >= 0.3 is 0 Å². The molecule has 0 amide bonds. The summed E-state index contributed by atoms with van der Waals surface area (Å²) >= 11 is 0. The highest BCUT2D eigenvalue weighted by atomic mass is 19.1. The molecule has 1 aliphatic rings. The fourth-order valence-electron chi connectivity index (χ4n) is 3.11. The number of hydrogen-bond acceptors (Lipinski definition) is 3. The second kappa shape index (κ2) is 6.57. The molecular weight excluding hydrogens is 286 g/mol. The molecule has 3 nitrogen and oxygen atoms in total. The second-order valence-corrected chi connectivity index (χ2v) is 5.91. The van der Waals surface area contributed by atoms with Crippen LogP contribution < -0.4 is 0 Å². The number of halogens is 2. The van der Waals surface area contributed by atoms with E-state index in [1.54, 1.807) is 0 Å². The average molecular weight is 306 g/mol. The van der Waals surface area contributed by atoms with Crippen molar-refractivity contribution in [3.63, 3.8) is 0 Å². The Morgan fingerprint density at radius 1 is 1.23 bits per heavy atom. The standard InChI is InChI=1S/C17H20F2N2O/c1-12-10-17(22-20-12)16-8-3-2-4-9-21(16)11-13-14(18)6-5-7-15(13)19/h5-7,10,16H,2-4,8-9,11H2,1H3/t16-/m1/s1. The summed E-state index contributed by atoms with van der Waals surface area (Å²) in [6.07, 6.45) is 4.16. The van der Waals surface area contributed by atoms with Crippen LogP contribution in [0.3, 0.4) is 0 Å². The first kappa shape index (κ1) is 15.2. The van der Waals surface area contributed by atoms with E-state index >= 15 is 0 Å². The lowest BCUT2D eigenvalue weighted by Crippen LogP contribution is -2.28. The Kier molecular flexibility index (Phi) is 4.52. The molecule has 0 bridgehead atoms. The molecular formula is C17H20F2N2O. The Bertz CT molecular complexity index is 621. The number of nitrogens with zero attached hydrogens (tertiary/aromatic N) is 2. The van der Waals surface area contributed by atoms with Crippen molar-refractivity contribution in [1.82, 2.24) is 10.1 Å². The summed E-state index contributed by atoms with van der Waals surface area (Å²) in [5.74, 6) is -0.190. The first-order valence-electron chi connectivity index (χ1n) is 7.75. The van der Waals surface area contributed by atoms with Gasteiger partial charge in [-0.05, 0) is 38.4 Å². The van der Waals surface area contributed by atoms with Crippen LogP contribution in [0.25, 0.3) is 0 Å². The van der Waals surface area contributed by atoms with Crippen LogP contribution in [0.15, 0.2) is 28.8 Å². The predicted molar refractivity (Wildman–Crippen MR) is 79.2 cm³/mol. The van der Waals surface area contributed by atoms with Crippen molar-refractivity contribution in [2.75, 3.05) is 6.54 Å². The number of aryl methyl sites for hydroxylation is 1. The van der Waals surface area contributed by atoms with Crippen LogP contribution in [0.1, 0.15) is 48.7 Å². The fraction of sp³-hybridized carbons (Fsp3) is 0.471. The summed E-state index contributed by atoms with van der Waals surface area (Å²) in [4.78, 5) is 2.11. The molecule has 0 spiro atoms. The first-order valence-corrected chi connectivity index (χ1v) is 7.75. The Balaban J connectivity index is 1.87. The summed E-state index contributed by atoms with van der Waals surface area (Å²) in [5, 5.41) is 3.95. The van der Waals surface area contributed by atoms with Crippen molar-refractivity contribution in [3.05, 3.63) is 52.9 Å². The van der Waals surface area contributed by atoms with Crippen LogP contribution in [0.5, 0.6) is 0 Å². The Morgan fingerprint density at radius 2 is 2.00 bits per heavy atom. The molecule has 5 heteroatoms. The maximum Gasteiger partial charge on any atom is 0.154 e. The molecule has 2 heterocycles. The van der Waals surface area contributed by atoms with E-state index in [0.717, 1.165) is 43.7 Å². The highest BCUT2D eigenvalue weighted by molar-refractivity contribution is 5.20. The smallest absolute Gasteiger partial charge is 0.154 e. The number of likely N-dealkylation sites (tertiary alicyclic amines) is 1. The molecule has 3 rings (SSSR count). The lowest BCUT2D eigenvalue weighted by molar-refractivity contribution is 0.156. The van der Waals surface area contributed by atoms with Gasteiger partial charge in [-0.3, -0.25) is 4.90 Å². The van der Waals surface area contributed by atoms with Gasteiger partial charge in [0.15, 0.2) is 5.76 Å². The lowest BCUT2D eigenvalue weighted by Gasteiger charge is -2.28. The summed E-state index contributed by atoms with van der Waals surface area (Å²) in [5.41, 5.74) is 0.960. The predicted octanol–water partition coefficient (Wildman–Crippen LogP) is 4.38. The van der Waals surface area contributed by atoms with Crippen LogP contribution >= 0.6 is 0 Å². The van der Waals surface area contributed by atoms with E-state index in [4.69, 9.17) is 4.52 Å². The molecule has 1 atom stereocenters. The summed E-state index contributed by atoms with van der Waals surface area (Å²) in [6.45, 7) is 2.94. The maximum absolute atomic E-state index is 13.9. The van der Waals surface area contributed by atoms with Gasteiger partial charge in [-0.1, -0.05) is 24.1 Å². The zero-order chi connectivity index (χ0) is 15.5. The van der Waals surface area contributed by atoms with Gasteiger partial charge < -0.3 is 4.52 Å². The summed E-state index contributed by atoms with van der Waals surface area (Å²) < 4.78 is 33.3. The summed E-state index contributed by atoms with van der Waals surface area (Å²) in [7, 11) is 0. The fourth-order valence-corrected chi connectivity index (χ4v) is 3.11. The summed E-state index contributed by atoms with van der Waals surface area (Å²) in [6, 6.07) is 5.96. The molecule has 1 fully saturated rings. The zero-order valence-electron chi connectivity index (χ0n) is 12.7. The maximum atomic E-state index is 13.9. The van der Waals surface area contributed by atoms with Gasteiger partial charge in [0, 0.05) is 18.2 Å². The highest BCUT2D eigenvalue weighted by Crippen LogP contribution is 2.32. The molecule has 1 aliphatic heterocycles. The molecule has 0 radical (unpaired) electrons. The molecule has 1 aromatic carbocycles. The van der Waals surface area contributed by atoms with Crippen molar-refractivity contribution < 1.29 is 13.3 Å². The number of rotatable bonds is 3. The van der Waals surface area contributed by atoms with Crippen molar-refractivity contribution in [2.45, 2.75) is 45.2 Å². The van der Waals surface area contributed by atoms with E-state index < -0.39 is 11.6 Å². The molecule has 118 valence electrons.